The van der Waals surface area contributed by atoms with Crippen LogP contribution in [0.25, 0.3) is 0 Å². The van der Waals surface area contributed by atoms with Crippen LogP contribution in [0, 0.1) is 0 Å². The Morgan fingerprint density at radius 1 is 1.08 bits per heavy atom. The van der Waals surface area contributed by atoms with Gasteiger partial charge in [-0.25, -0.2) is 0 Å². The van der Waals surface area contributed by atoms with E-state index in [0.717, 1.165) is 28.4 Å². The highest BCUT2D eigenvalue weighted by Crippen LogP contribution is 2.51. The molecule has 2 aromatic carbocycles. The van der Waals surface area contributed by atoms with E-state index in [4.69, 9.17) is 9.47 Å². The van der Waals surface area contributed by atoms with Crippen LogP contribution >= 0.6 is 23.5 Å². The summed E-state index contributed by atoms with van der Waals surface area (Å²) in [5.74, 6) is 3.22. The van der Waals surface area contributed by atoms with Gasteiger partial charge in [0.15, 0.2) is 0 Å². The maximum atomic E-state index is 13.2. The van der Waals surface area contributed by atoms with Gasteiger partial charge < -0.3 is 9.47 Å². The fourth-order valence-electron chi connectivity index (χ4n) is 3.45. The standard InChI is InChI=1S/C21H24O3S2/c1-4-25-19(26-5-2)14-21(15-9-7-6-8-10-15)17-13-16(23-3)11-12-18(17)24-20(21)22/h6-13,19H,4-5,14H2,1-3H3. The molecule has 2 aromatic rings. The fraction of sp³-hybridized carbons (Fsp3) is 0.381. The van der Waals surface area contributed by atoms with Crippen LogP contribution < -0.4 is 9.47 Å². The average Bonchev–Trinajstić information content (AvgIpc) is 2.94. The van der Waals surface area contributed by atoms with Gasteiger partial charge in [0.05, 0.1) is 11.7 Å². The van der Waals surface area contributed by atoms with Crippen LogP contribution in [0.15, 0.2) is 48.5 Å². The van der Waals surface area contributed by atoms with Crippen molar-refractivity contribution in [2.75, 3.05) is 18.6 Å². The minimum absolute atomic E-state index is 0.189. The van der Waals surface area contributed by atoms with Gasteiger partial charge in [0.1, 0.15) is 16.9 Å². The highest BCUT2D eigenvalue weighted by Gasteiger charge is 2.51. The molecule has 0 aromatic heterocycles. The molecule has 0 bridgehead atoms. The highest BCUT2D eigenvalue weighted by molar-refractivity contribution is 8.16. The summed E-state index contributed by atoms with van der Waals surface area (Å²) >= 11 is 3.78. The number of esters is 1. The van der Waals surface area contributed by atoms with E-state index in [1.54, 1.807) is 7.11 Å². The molecule has 3 nitrogen and oxygen atoms in total. The molecule has 1 atom stereocenters. The van der Waals surface area contributed by atoms with Crippen molar-refractivity contribution >= 4 is 29.5 Å². The number of fused-ring (bicyclic) bond motifs is 1. The molecule has 3 rings (SSSR count). The zero-order valence-electron chi connectivity index (χ0n) is 15.4. The Balaban J connectivity index is 2.15. The van der Waals surface area contributed by atoms with E-state index in [1.807, 2.05) is 72.1 Å². The Labute approximate surface area is 163 Å². The SMILES string of the molecule is CCSC(CC1(c2ccccc2)C(=O)Oc2ccc(OC)cc21)SCC. The first-order valence-electron chi connectivity index (χ1n) is 8.85. The van der Waals surface area contributed by atoms with Crippen LogP contribution in [0.5, 0.6) is 11.5 Å². The van der Waals surface area contributed by atoms with Gasteiger partial charge >= 0.3 is 5.97 Å². The van der Waals surface area contributed by atoms with Crippen molar-refractivity contribution in [3.8, 4) is 11.5 Å². The summed E-state index contributed by atoms with van der Waals surface area (Å²) in [5.41, 5.74) is 1.10. The molecule has 0 saturated heterocycles. The summed E-state index contributed by atoms with van der Waals surface area (Å²) in [6, 6.07) is 15.6. The molecule has 1 unspecified atom stereocenters. The summed E-state index contributed by atoms with van der Waals surface area (Å²) < 4.78 is 11.5. The normalized spacial score (nSPS) is 18.7. The summed E-state index contributed by atoms with van der Waals surface area (Å²) in [6.07, 6.45) is 0.701. The van der Waals surface area contributed by atoms with E-state index < -0.39 is 5.41 Å². The van der Waals surface area contributed by atoms with Crippen molar-refractivity contribution in [1.29, 1.82) is 0 Å². The molecular formula is C21H24O3S2. The van der Waals surface area contributed by atoms with Gasteiger partial charge in [-0.15, -0.1) is 23.5 Å². The van der Waals surface area contributed by atoms with Crippen LogP contribution in [-0.2, 0) is 10.2 Å². The number of ether oxygens (including phenoxy) is 2. The van der Waals surface area contributed by atoms with Crippen LogP contribution in [-0.4, -0.2) is 29.2 Å². The molecule has 1 aliphatic heterocycles. The Morgan fingerprint density at radius 2 is 1.77 bits per heavy atom. The molecular weight excluding hydrogens is 364 g/mol. The van der Waals surface area contributed by atoms with Crippen molar-refractivity contribution in [3.05, 3.63) is 59.7 Å². The van der Waals surface area contributed by atoms with E-state index >= 15 is 0 Å². The van der Waals surface area contributed by atoms with Gasteiger partial charge in [-0.05, 0) is 41.7 Å². The van der Waals surface area contributed by atoms with Crippen LogP contribution in [0.2, 0.25) is 0 Å². The van der Waals surface area contributed by atoms with Gasteiger partial charge in [0.25, 0.3) is 0 Å². The summed E-state index contributed by atoms with van der Waals surface area (Å²) in [5, 5.41) is 0. The first kappa shape index (κ1) is 19.2. The van der Waals surface area contributed by atoms with Gasteiger partial charge in [-0.2, -0.15) is 0 Å². The van der Waals surface area contributed by atoms with Gasteiger partial charge in [-0.1, -0.05) is 44.2 Å². The molecule has 0 spiro atoms. The third-order valence-corrected chi connectivity index (χ3v) is 7.20. The van der Waals surface area contributed by atoms with Gasteiger partial charge in [0, 0.05) is 5.56 Å². The first-order chi connectivity index (χ1) is 12.7. The molecule has 5 heteroatoms. The third kappa shape index (κ3) is 3.47. The van der Waals surface area contributed by atoms with Crippen molar-refractivity contribution in [2.24, 2.45) is 0 Å². The lowest BCUT2D eigenvalue weighted by Gasteiger charge is -2.30. The molecule has 1 heterocycles. The molecule has 0 fully saturated rings. The zero-order valence-corrected chi connectivity index (χ0v) is 17.0. The quantitative estimate of drug-likeness (QED) is 0.356. The number of hydrogen-bond acceptors (Lipinski definition) is 5. The predicted octanol–water partition coefficient (Wildman–Crippen LogP) is 5.12. The van der Waals surface area contributed by atoms with Crippen LogP contribution in [0.3, 0.4) is 0 Å². The molecule has 0 amide bonds. The second-order valence-corrected chi connectivity index (χ2v) is 9.33. The zero-order chi connectivity index (χ0) is 18.6. The van der Waals surface area contributed by atoms with E-state index in [0.29, 0.717) is 16.8 Å². The molecule has 26 heavy (non-hydrogen) atoms. The monoisotopic (exact) mass is 388 g/mol. The number of carbonyl (C=O) groups is 1. The minimum atomic E-state index is -0.792. The van der Waals surface area contributed by atoms with Crippen molar-refractivity contribution in [3.63, 3.8) is 0 Å². The number of carbonyl (C=O) groups excluding carboxylic acids is 1. The maximum Gasteiger partial charge on any atom is 0.326 e. The molecule has 0 saturated carbocycles. The predicted molar refractivity (Wildman–Crippen MR) is 111 cm³/mol. The first-order valence-corrected chi connectivity index (χ1v) is 10.9. The third-order valence-electron chi connectivity index (χ3n) is 4.64. The Bertz CT molecular complexity index is 757. The Morgan fingerprint density at radius 3 is 2.38 bits per heavy atom. The number of benzene rings is 2. The molecule has 138 valence electrons. The molecule has 1 aliphatic rings. The van der Waals surface area contributed by atoms with E-state index in [2.05, 4.69) is 13.8 Å². The number of thioether (sulfide) groups is 2. The Hall–Kier alpha value is -1.59. The summed E-state index contributed by atoms with van der Waals surface area (Å²) in [7, 11) is 1.65. The number of methoxy groups -OCH3 is 1. The van der Waals surface area contributed by atoms with E-state index in [1.165, 1.54) is 0 Å². The topological polar surface area (TPSA) is 35.5 Å². The lowest BCUT2D eigenvalue weighted by molar-refractivity contribution is -0.137. The minimum Gasteiger partial charge on any atom is -0.497 e. The second kappa shape index (κ2) is 8.40. The summed E-state index contributed by atoms with van der Waals surface area (Å²) in [6.45, 7) is 4.32. The van der Waals surface area contributed by atoms with Gasteiger partial charge in [0.2, 0.25) is 0 Å². The lowest BCUT2D eigenvalue weighted by atomic mass is 9.73. The highest BCUT2D eigenvalue weighted by atomic mass is 32.2. The Kier molecular flexibility index (Phi) is 6.20. The van der Waals surface area contributed by atoms with E-state index in [9.17, 15) is 4.79 Å². The molecule has 0 radical (unpaired) electrons. The largest absolute Gasteiger partial charge is 0.497 e. The van der Waals surface area contributed by atoms with E-state index in [-0.39, 0.29) is 5.97 Å². The average molecular weight is 389 g/mol. The van der Waals surface area contributed by atoms with Crippen molar-refractivity contribution in [2.45, 2.75) is 30.3 Å². The lowest BCUT2D eigenvalue weighted by Crippen LogP contribution is -2.37. The second-order valence-electron chi connectivity index (χ2n) is 6.07. The van der Waals surface area contributed by atoms with Crippen molar-refractivity contribution in [1.82, 2.24) is 0 Å². The smallest absolute Gasteiger partial charge is 0.326 e. The summed E-state index contributed by atoms with van der Waals surface area (Å²) in [4.78, 5) is 13.2. The van der Waals surface area contributed by atoms with Crippen LogP contribution in [0.4, 0.5) is 0 Å². The van der Waals surface area contributed by atoms with Gasteiger partial charge in [-0.3, -0.25) is 4.79 Å². The molecule has 0 N–H and O–H groups in total. The number of hydrogen-bond donors (Lipinski definition) is 0. The van der Waals surface area contributed by atoms with Crippen LogP contribution in [0.1, 0.15) is 31.4 Å². The number of rotatable bonds is 8. The maximum absolute atomic E-state index is 13.2. The fourth-order valence-corrected chi connectivity index (χ4v) is 6.13. The van der Waals surface area contributed by atoms with Crippen molar-refractivity contribution < 1.29 is 14.3 Å². The molecule has 0 aliphatic carbocycles.